The summed E-state index contributed by atoms with van der Waals surface area (Å²) in [5.74, 6) is 2.25. The van der Waals surface area contributed by atoms with E-state index < -0.39 is 0 Å². The Hall–Kier alpha value is -3.08. The molecule has 0 fully saturated rings. The molecule has 2 heterocycles. The fraction of sp³-hybridized carbons (Fsp3) is 0.200. The lowest BCUT2D eigenvalue weighted by Gasteiger charge is -2.09. The number of furan rings is 1. The standard InChI is InChI=1S/C20H18N2O3/c1-12(2)23-15-10-8-14(9-11-15)19-21-22-20(25-19)18-13(3)16-6-4-5-7-17(16)24-18/h4-12H,1-3H3. The van der Waals surface area contributed by atoms with E-state index in [0.29, 0.717) is 17.5 Å². The van der Waals surface area contributed by atoms with Crippen molar-refractivity contribution in [2.24, 2.45) is 0 Å². The number of hydrogen-bond donors (Lipinski definition) is 0. The Morgan fingerprint density at radius 2 is 1.60 bits per heavy atom. The smallest absolute Gasteiger partial charge is 0.284 e. The molecule has 0 aliphatic heterocycles. The molecule has 5 nitrogen and oxygen atoms in total. The van der Waals surface area contributed by atoms with Crippen molar-refractivity contribution in [1.29, 1.82) is 0 Å². The van der Waals surface area contributed by atoms with Crippen LogP contribution >= 0.6 is 0 Å². The van der Waals surface area contributed by atoms with E-state index >= 15 is 0 Å². The lowest BCUT2D eigenvalue weighted by Crippen LogP contribution is -2.05. The second kappa shape index (κ2) is 6.09. The van der Waals surface area contributed by atoms with Crippen molar-refractivity contribution < 1.29 is 13.6 Å². The van der Waals surface area contributed by atoms with E-state index in [1.807, 2.05) is 69.3 Å². The predicted octanol–water partition coefficient (Wildman–Crippen LogP) is 5.25. The molecule has 4 rings (SSSR count). The highest BCUT2D eigenvalue weighted by molar-refractivity contribution is 5.86. The quantitative estimate of drug-likeness (QED) is 0.510. The van der Waals surface area contributed by atoms with E-state index in [4.69, 9.17) is 13.6 Å². The highest BCUT2D eigenvalue weighted by Crippen LogP contribution is 2.33. The van der Waals surface area contributed by atoms with Gasteiger partial charge in [0, 0.05) is 16.5 Å². The molecule has 0 atom stereocenters. The second-order valence-electron chi connectivity index (χ2n) is 6.16. The van der Waals surface area contributed by atoms with Crippen LogP contribution in [0.4, 0.5) is 0 Å². The van der Waals surface area contributed by atoms with Crippen molar-refractivity contribution >= 4 is 11.0 Å². The third-order valence-corrected chi connectivity index (χ3v) is 3.94. The average Bonchev–Trinajstić information content (AvgIpc) is 3.21. The summed E-state index contributed by atoms with van der Waals surface area (Å²) in [4.78, 5) is 0. The minimum Gasteiger partial charge on any atom is -0.491 e. The van der Waals surface area contributed by atoms with Crippen molar-refractivity contribution in [3.8, 4) is 28.9 Å². The van der Waals surface area contributed by atoms with Gasteiger partial charge in [-0.2, -0.15) is 0 Å². The lowest BCUT2D eigenvalue weighted by atomic mass is 10.1. The molecular weight excluding hydrogens is 316 g/mol. The molecule has 5 heteroatoms. The molecule has 2 aromatic carbocycles. The van der Waals surface area contributed by atoms with Gasteiger partial charge in [-0.15, -0.1) is 10.2 Å². The van der Waals surface area contributed by atoms with Gasteiger partial charge in [-0.25, -0.2) is 0 Å². The Balaban J connectivity index is 1.66. The fourth-order valence-corrected chi connectivity index (χ4v) is 2.76. The minimum atomic E-state index is 0.136. The number of benzene rings is 2. The van der Waals surface area contributed by atoms with Gasteiger partial charge in [0.1, 0.15) is 11.3 Å². The van der Waals surface area contributed by atoms with Gasteiger partial charge in [0.2, 0.25) is 5.89 Å². The highest BCUT2D eigenvalue weighted by atomic mass is 16.5. The van der Waals surface area contributed by atoms with Crippen molar-refractivity contribution in [3.63, 3.8) is 0 Å². The highest BCUT2D eigenvalue weighted by Gasteiger charge is 2.18. The molecule has 0 amide bonds. The molecule has 0 aliphatic carbocycles. The van der Waals surface area contributed by atoms with E-state index in [0.717, 1.165) is 27.8 Å². The zero-order valence-electron chi connectivity index (χ0n) is 14.3. The number of nitrogens with zero attached hydrogens (tertiary/aromatic N) is 2. The van der Waals surface area contributed by atoms with E-state index in [1.54, 1.807) is 0 Å². The molecule has 0 radical (unpaired) electrons. The van der Waals surface area contributed by atoms with E-state index in [9.17, 15) is 0 Å². The molecule has 4 aromatic rings. The van der Waals surface area contributed by atoms with Crippen LogP contribution < -0.4 is 4.74 Å². The zero-order chi connectivity index (χ0) is 17.4. The molecule has 0 unspecified atom stereocenters. The summed E-state index contributed by atoms with van der Waals surface area (Å²) in [5, 5.41) is 9.34. The maximum absolute atomic E-state index is 5.88. The summed E-state index contributed by atoms with van der Waals surface area (Å²) in [6.07, 6.45) is 0.136. The zero-order valence-corrected chi connectivity index (χ0v) is 14.3. The third kappa shape index (κ3) is 2.89. The van der Waals surface area contributed by atoms with Crippen LogP contribution in [-0.2, 0) is 0 Å². The third-order valence-electron chi connectivity index (χ3n) is 3.94. The Morgan fingerprint density at radius 1 is 0.880 bits per heavy atom. The molecule has 2 aromatic heterocycles. The molecule has 0 saturated heterocycles. The number of rotatable bonds is 4. The SMILES string of the molecule is Cc1c(-c2nnc(-c3ccc(OC(C)C)cc3)o2)oc2ccccc12. The Labute approximate surface area is 145 Å². The van der Waals surface area contributed by atoms with Gasteiger partial charge in [-0.3, -0.25) is 0 Å². The average molecular weight is 334 g/mol. The lowest BCUT2D eigenvalue weighted by molar-refractivity contribution is 0.242. The molecule has 0 bridgehead atoms. The second-order valence-corrected chi connectivity index (χ2v) is 6.16. The van der Waals surface area contributed by atoms with Crippen molar-refractivity contribution in [3.05, 3.63) is 54.1 Å². The van der Waals surface area contributed by atoms with Crippen LogP contribution in [0.15, 0.2) is 57.4 Å². The van der Waals surface area contributed by atoms with Gasteiger partial charge in [0.05, 0.1) is 6.10 Å². The summed E-state index contributed by atoms with van der Waals surface area (Å²) < 4.78 is 17.4. The fourth-order valence-electron chi connectivity index (χ4n) is 2.76. The molecule has 0 spiro atoms. The van der Waals surface area contributed by atoms with Gasteiger partial charge in [-0.05, 0) is 51.1 Å². The van der Waals surface area contributed by atoms with Gasteiger partial charge in [0.25, 0.3) is 5.89 Å². The van der Waals surface area contributed by atoms with Crippen LogP contribution in [0.1, 0.15) is 19.4 Å². The number of ether oxygens (including phenoxy) is 1. The van der Waals surface area contributed by atoms with Gasteiger partial charge >= 0.3 is 0 Å². The first-order valence-corrected chi connectivity index (χ1v) is 8.21. The number of fused-ring (bicyclic) bond motifs is 1. The minimum absolute atomic E-state index is 0.136. The van der Waals surface area contributed by atoms with Gasteiger partial charge in [-0.1, -0.05) is 18.2 Å². The molecular formula is C20H18N2O3. The van der Waals surface area contributed by atoms with Gasteiger partial charge in [0.15, 0.2) is 5.76 Å². The summed E-state index contributed by atoms with van der Waals surface area (Å²) in [6.45, 7) is 5.98. The Bertz CT molecular complexity index is 1010. The number of aromatic nitrogens is 2. The van der Waals surface area contributed by atoms with E-state index in [-0.39, 0.29) is 6.10 Å². The van der Waals surface area contributed by atoms with E-state index in [2.05, 4.69) is 10.2 Å². The Morgan fingerprint density at radius 3 is 2.32 bits per heavy atom. The van der Waals surface area contributed by atoms with Crippen LogP contribution in [0, 0.1) is 6.92 Å². The van der Waals surface area contributed by atoms with Gasteiger partial charge < -0.3 is 13.6 Å². The monoisotopic (exact) mass is 334 g/mol. The number of hydrogen-bond acceptors (Lipinski definition) is 5. The van der Waals surface area contributed by atoms with Crippen molar-refractivity contribution in [1.82, 2.24) is 10.2 Å². The summed E-state index contributed by atoms with van der Waals surface area (Å²) in [7, 11) is 0. The first kappa shape index (κ1) is 15.4. The topological polar surface area (TPSA) is 61.3 Å². The number of aryl methyl sites for hydroxylation is 1. The number of para-hydroxylation sites is 1. The van der Waals surface area contributed by atoms with Crippen LogP contribution in [0.25, 0.3) is 34.1 Å². The normalized spacial score (nSPS) is 11.4. The first-order chi connectivity index (χ1) is 12.1. The van der Waals surface area contributed by atoms with Crippen LogP contribution in [0.5, 0.6) is 5.75 Å². The Kier molecular flexibility index (Phi) is 3.76. The first-order valence-electron chi connectivity index (χ1n) is 8.21. The molecule has 0 aliphatic rings. The van der Waals surface area contributed by atoms with Crippen LogP contribution in [0.3, 0.4) is 0 Å². The summed E-state index contributed by atoms with van der Waals surface area (Å²) >= 11 is 0. The maximum atomic E-state index is 5.88. The van der Waals surface area contributed by atoms with Crippen molar-refractivity contribution in [2.45, 2.75) is 26.9 Å². The van der Waals surface area contributed by atoms with Crippen molar-refractivity contribution in [2.75, 3.05) is 0 Å². The molecule has 25 heavy (non-hydrogen) atoms. The maximum Gasteiger partial charge on any atom is 0.284 e. The molecule has 126 valence electrons. The largest absolute Gasteiger partial charge is 0.491 e. The van der Waals surface area contributed by atoms with E-state index in [1.165, 1.54) is 0 Å². The van der Waals surface area contributed by atoms with Crippen LogP contribution in [-0.4, -0.2) is 16.3 Å². The molecule has 0 saturated carbocycles. The predicted molar refractivity (Wildman–Crippen MR) is 95.4 cm³/mol. The van der Waals surface area contributed by atoms with Crippen LogP contribution in [0.2, 0.25) is 0 Å². The summed E-state index contributed by atoms with van der Waals surface area (Å²) in [6, 6.07) is 15.5. The molecule has 0 N–H and O–H groups in total. The summed E-state index contributed by atoms with van der Waals surface area (Å²) in [5.41, 5.74) is 2.64.